The van der Waals surface area contributed by atoms with Crippen molar-refractivity contribution in [2.24, 2.45) is 4.99 Å². The molecule has 1 aliphatic heterocycles. The molecule has 0 amide bonds. The van der Waals surface area contributed by atoms with Crippen LogP contribution in [0.15, 0.2) is 4.99 Å². The first-order valence-electron chi connectivity index (χ1n) is 11.3. The maximum absolute atomic E-state index is 9.52. The van der Waals surface area contributed by atoms with Gasteiger partial charge in [-0.1, -0.05) is 96.8 Å². The van der Waals surface area contributed by atoms with Crippen LogP contribution >= 0.6 is 0 Å². The van der Waals surface area contributed by atoms with Crippen molar-refractivity contribution in [1.29, 1.82) is 0 Å². The third-order valence-electron chi connectivity index (χ3n) is 5.74. The summed E-state index contributed by atoms with van der Waals surface area (Å²) in [6.07, 6.45) is 24.5. The van der Waals surface area contributed by atoms with E-state index >= 15 is 0 Å². The zero-order chi connectivity index (χ0) is 18.1. The van der Waals surface area contributed by atoms with Crippen molar-refractivity contribution < 1.29 is 9.59 Å². The molecule has 25 heavy (non-hydrogen) atoms. The fourth-order valence-corrected chi connectivity index (χ4v) is 3.87. The van der Waals surface area contributed by atoms with Crippen molar-refractivity contribution in [2.45, 2.75) is 110 Å². The van der Waals surface area contributed by atoms with Crippen LogP contribution in [-0.4, -0.2) is 42.3 Å². The van der Waals surface area contributed by atoms with Crippen LogP contribution in [0.1, 0.15) is 110 Å². The molecule has 0 fully saturated rings. The van der Waals surface area contributed by atoms with Gasteiger partial charge in [-0.15, -0.1) is 0 Å². The maximum atomic E-state index is 9.52. The zero-order valence-electron chi connectivity index (χ0n) is 17.1. The summed E-state index contributed by atoms with van der Waals surface area (Å²) >= 11 is 0. The molecule has 0 spiro atoms. The van der Waals surface area contributed by atoms with E-state index in [4.69, 9.17) is 0 Å². The lowest BCUT2D eigenvalue weighted by molar-refractivity contribution is -0.849. The fraction of sp³-hybridized carbons (Fsp3) is 0.955. The first-order valence-corrected chi connectivity index (χ1v) is 11.3. The van der Waals surface area contributed by atoms with Gasteiger partial charge >= 0.3 is 0 Å². The molecule has 3 nitrogen and oxygen atoms in total. The van der Waals surface area contributed by atoms with Gasteiger partial charge < -0.3 is 5.11 Å². The van der Waals surface area contributed by atoms with E-state index in [-0.39, 0.29) is 6.73 Å². The molecule has 1 aliphatic rings. The molecule has 0 radical (unpaired) electrons. The van der Waals surface area contributed by atoms with Crippen molar-refractivity contribution in [3.63, 3.8) is 0 Å². The van der Waals surface area contributed by atoms with Crippen molar-refractivity contribution in [2.75, 3.05) is 26.4 Å². The van der Waals surface area contributed by atoms with Crippen molar-refractivity contribution in [1.82, 2.24) is 0 Å². The minimum absolute atomic E-state index is 0.224. The van der Waals surface area contributed by atoms with E-state index in [2.05, 4.69) is 11.9 Å². The summed E-state index contributed by atoms with van der Waals surface area (Å²) in [5.41, 5.74) is 0. The lowest BCUT2D eigenvalue weighted by Gasteiger charge is -2.27. The van der Waals surface area contributed by atoms with E-state index in [1.54, 1.807) is 0 Å². The Balaban J connectivity index is 1.74. The summed E-state index contributed by atoms with van der Waals surface area (Å²) < 4.78 is 0.707. The number of quaternary nitrogens is 1. The van der Waals surface area contributed by atoms with Crippen LogP contribution in [0.5, 0.6) is 0 Å². The third-order valence-corrected chi connectivity index (χ3v) is 5.74. The number of nitrogens with zero attached hydrogens (tertiary/aromatic N) is 2. The van der Waals surface area contributed by atoms with Gasteiger partial charge in [0.05, 0.1) is 13.1 Å². The predicted molar refractivity (Wildman–Crippen MR) is 110 cm³/mol. The smallest absolute Gasteiger partial charge is 0.187 e. The number of aliphatic hydroxyl groups is 1. The average molecular weight is 354 g/mol. The Morgan fingerprint density at radius 2 is 1.16 bits per heavy atom. The van der Waals surface area contributed by atoms with Crippen LogP contribution in [-0.2, 0) is 0 Å². The number of rotatable bonds is 18. The van der Waals surface area contributed by atoms with E-state index < -0.39 is 0 Å². The van der Waals surface area contributed by atoms with Gasteiger partial charge in [-0.2, -0.15) is 0 Å². The highest BCUT2D eigenvalue weighted by atomic mass is 16.3. The Bertz CT molecular complexity index is 319. The molecule has 3 heteroatoms. The van der Waals surface area contributed by atoms with Gasteiger partial charge in [0.2, 0.25) is 0 Å². The second-order valence-corrected chi connectivity index (χ2v) is 8.13. The van der Waals surface area contributed by atoms with E-state index in [1.165, 1.54) is 103 Å². The predicted octanol–water partition coefficient (Wildman–Crippen LogP) is 6.06. The van der Waals surface area contributed by atoms with Gasteiger partial charge in [-0.3, -0.25) is 4.48 Å². The first kappa shape index (κ1) is 22.6. The summed E-state index contributed by atoms with van der Waals surface area (Å²) in [5, 5.41) is 9.52. The molecular formula is C22H45N2O+. The van der Waals surface area contributed by atoms with Crippen molar-refractivity contribution in [3.05, 3.63) is 0 Å². The maximum Gasteiger partial charge on any atom is 0.187 e. The minimum Gasteiger partial charge on any atom is -0.347 e. The van der Waals surface area contributed by atoms with E-state index in [9.17, 15) is 5.11 Å². The van der Waals surface area contributed by atoms with Gasteiger partial charge in [0, 0.05) is 0 Å². The molecular weight excluding hydrogens is 308 g/mol. The highest BCUT2D eigenvalue weighted by Gasteiger charge is 2.27. The van der Waals surface area contributed by atoms with Gasteiger partial charge in [0.15, 0.2) is 13.1 Å². The SMILES string of the molecule is CCCCCCCCCCCCCCCCCC[N+]1(CO)C=NCC1. The first-order chi connectivity index (χ1) is 12.3. The second-order valence-electron chi connectivity index (χ2n) is 8.13. The zero-order valence-corrected chi connectivity index (χ0v) is 17.1. The van der Waals surface area contributed by atoms with Crippen LogP contribution in [0, 0.1) is 0 Å². The Labute approximate surface area is 157 Å². The van der Waals surface area contributed by atoms with Gasteiger partial charge in [0.1, 0.15) is 6.54 Å². The van der Waals surface area contributed by atoms with E-state index in [1.807, 2.05) is 6.34 Å². The minimum atomic E-state index is 0.224. The highest BCUT2D eigenvalue weighted by molar-refractivity contribution is 5.47. The molecule has 0 bridgehead atoms. The van der Waals surface area contributed by atoms with Gasteiger partial charge in [0.25, 0.3) is 0 Å². The summed E-state index contributed by atoms with van der Waals surface area (Å²) in [4.78, 5) is 4.29. The van der Waals surface area contributed by atoms with Crippen LogP contribution in [0.2, 0.25) is 0 Å². The molecule has 0 saturated heterocycles. The molecule has 0 aromatic heterocycles. The largest absolute Gasteiger partial charge is 0.347 e. The Hall–Kier alpha value is -0.410. The summed E-state index contributed by atoms with van der Waals surface area (Å²) in [6.45, 7) is 5.47. The molecule has 1 N–H and O–H groups in total. The molecule has 1 rings (SSSR count). The summed E-state index contributed by atoms with van der Waals surface area (Å²) in [6, 6.07) is 0. The summed E-state index contributed by atoms with van der Waals surface area (Å²) in [7, 11) is 0. The molecule has 0 aromatic carbocycles. The van der Waals surface area contributed by atoms with E-state index in [0.717, 1.165) is 19.6 Å². The fourth-order valence-electron chi connectivity index (χ4n) is 3.87. The van der Waals surface area contributed by atoms with Gasteiger partial charge in [-0.05, 0) is 12.8 Å². The summed E-state index contributed by atoms with van der Waals surface area (Å²) in [5.74, 6) is 0. The van der Waals surface area contributed by atoms with E-state index in [0.29, 0.717) is 4.48 Å². The number of hydrogen-bond donors (Lipinski definition) is 1. The number of aliphatic imine (C=N–C) groups is 1. The third kappa shape index (κ3) is 11.8. The standard InChI is InChI=1S/C22H45N2O/c1-2-3-4-5-6-7-8-9-10-11-12-13-14-15-16-17-19-24(22-25)20-18-23-21-24/h21,25H,2-20,22H2,1H3/q+1. The lowest BCUT2D eigenvalue weighted by Crippen LogP contribution is -2.46. The highest BCUT2D eigenvalue weighted by Crippen LogP contribution is 2.15. The van der Waals surface area contributed by atoms with Crippen molar-refractivity contribution in [3.8, 4) is 0 Å². The normalized spacial score (nSPS) is 19.8. The molecule has 0 aliphatic carbocycles. The van der Waals surface area contributed by atoms with Crippen LogP contribution in [0.4, 0.5) is 0 Å². The molecule has 1 atom stereocenters. The Morgan fingerprint density at radius 1 is 0.720 bits per heavy atom. The monoisotopic (exact) mass is 353 g/mol. The van der Waals surface area contributed by atoms with Crippen LogP contribution < -0.4 is 0 Å². The average Bonchev–Trinajstić information content (AvgIpc) is 3.11. The van der Waals surface area contributed by atoms with Crippen molar-refractivity contribution >= 4 is 6.34 Å². The van der Waals surface area contributed by atoms with Gasteiger partial charge in [-0.25, -0.2) is 4.99 Å². The molecule has 1 unspecified atom stereocenters. The molecule has 148 valence electrons. The molecule has 0 aromatic rings. The quantitative estimate of drug-likeness (QED) is 0.236. The second kappa shape index (κ2) is 15.8. The number of unbranched alkanes of at least 4 members (excludes halogenated alkanes) is 15. The van der Waals surface area contributed by atoms with Crippen LogP contribution in [0.3, 0.4) is 0 Å². The number of aliphatic hydroxyl groups excluding tert-OH is 1. The molecule has 1 heterocycles. The lowest BCUT2D eigenvalue weighted by atomic mass is 10.0. The Morgan fingerprint density at radius 3 is 1.52 bits per heavy atom. The molecule has 0 saturated carbocycles. The Kier molecular flexibility index (Phi) is 14.3. The van der Waals surface area contributed by atoms with Crippen LogP contribution in [0.25, 0.3) is 0 Å². The topological polar surface area (TPSA) is 32.6 Å². The number of hydrogen-bond acceptors (Lipinski definition) is 2.